The lowest BCUT2D eigenvalue weighted by molar-refractivity contribution is 0.337. The highest BCUT2D eigenvalue weighted by Gasteiger charge is 2.05. The number of nitrogens with zero attached hydrogens (tertiary/aromatic N) is 4. The largest absolute Gasteiger partial charge is 0.494 e. The summed E-state index contributed by atoms with van der Waals surface area (Å²) >= 11 is 0. The second-order valence-electron chi connectivity index (χ2n) is 4.31. The van der Waals surface area contributed by atoms with Crippen LogP contribution in [0.2, 0.25) is 0 Å². The average Bonchev–Trinajstić information content (AvgIpc) is 2.81. The molecule has 19 heavy (non-hydrogen) atoms. The SMILES string of the molecule is CCOc1ccc(Cn2nnc(CCN)n2)cc1C. The Morgan fingerprint density at radius 3 is 2.89 bits per heavy atom. The van der Waals surface area contributed by atoms with Gasteiger partial charge in [-0.3, -0.25) is 0 Å². The maximum absolute atomic E-state index is 5.51. The Balaban J connectivity index is 2.07. The fourth-order valence-corrected chi connectivity index (χ4v) is 1.86. The maximum atomic E-state index is 5.51. The third kappa shape index (κ3) is 3.51. The Bertz CT molecular complexity index is 538. The fraction of sp³-hybridized carbons (Fsp3) is 0.462. The molecule has 0 radical (unpaired) electrons. The molecule has 0 saturated carbocycles. The summed E-state index contributed by atoms with van der Waals surface area (Å²) in [5.74, 6) is 1.60. The summed E-state index contributed by atoms with van der Waals surface area (Å²) in [6.45, 7) is 5.82. The standard InChI is InChI=1S/C13H19N5O/c1-3-19-12-5-4-11(8-10(12)2)9-18-16-13(6-7-14)15-17-18/h4-5,8H,3,6-7,9,14H2,1-2H3. The number of benzene rings is 1. The van der Waals surface area contributed by atoms with E-state index >= 15 is 0 Å². The molecule has 0 unspecified atom stereocenters. The van der Waals surface area contributed by atoms with Gasteiger partial charge in [-0.1, -0.05) is 12.1 Å². The summed E-state index contributed by atoms with van der Waals surface area (Å²) in [6, 6.07) is 6.08. The Labute approximate surface area is 112 Å². The van der Waals surface area contributed by atoms with E-state index in [9.17, 15) is 0 Å². The topological polar surface area (TPSA) is 78.8 Å². The zero-order chi connectivity index (χ0) is 13.7. The van der Waals surface area contributed by atoms with E-state index < -0.39 is 0 Å². The first-order valence-electron chi connectivity index (χ1n) is 6.42. The molecule has 0 aliphatic heterocycles. The minimum atomic E-state index is 0.536. The van der Waals surface area contributed by atoms with Gasteiger partial charge in [0, 0.05) is 6.42 Å². The van der Waals surface area contributed by atoms with Crippen molar-refractivity contribution in [2.75, 3.05) is 13.2 Å². The third-order valence-electron chi connectivity index (χ3n) is 2.73. The maximum Gasteiger partial charge on any atom is 0.176 e. The van der Waals surface area contributed by atoms with Gasteiger partial charge < -0.3 is 10.5 Å². The summed E-state index contributed by atoms with van der Waals surface area (Å²) in [5, 5.41) is 12.2. The van der Waals surface area contributed by atoms with Gasteiger partial charge in [0.05, 0.1) is 13.2 Å². The van der Waals surface area contributed by atoms with Crippen molar-refractivity contribution in [3.8, 4) is 5.75 Å². The minimum absolute atomic E-state index is 0.536. The first-order valence-corrected chi connectivity index (χ1v) is 6.42. The molecule has 102 valence electrons. The normalized spacial score (nSPS) is 10.7. The van der Waals surface area contributed by atoms with Crippen molar-refractivity contribution in [1.82, 2.24) is 20.2 Å². The van der Waals surface area contributed by atoms with E-state index in [0.717, 1.165) is 16.9 Å². The zero-order valence-electron chi connectivity index (χ0n) is 11.3. The molecule has 1 aromatic carbocycles. The number of nitrogens with two attached hydrogens (primary N) is 1. The third-order valence-corrected chi connectivity index (χ3v) is 2.73. The molecule has 1 aromatic heterocycles. The number of tetrazole rings is 1. The molecule has 2 aromatic rings. The lowest BCUT2D eigenvalue weighted by Gasteiger charge is -2.08. The van der Waals surface area contributed by atoms with Crippen LogP contribution in [0.15, 0.2) is 18.2 Å². The lowest BCUT2D eigenvalue weighted by atomic mass is 10.1. The van der Waals surface area contributed by atoms with Crippen molar-refractivity contribution >= 4 is 0 Å². The molecule has 0 bridgehead atoms. The van der Waals surface area contributed by atoms with E-state index in [4.69, 9.17) is 10.5 Å². The Hall–Kier alpha value is -1.95. The second-order valence-corrected chi connectivity index (χ2v) is 4.31. The predicted molar refractivity (Wildman–Crippen MR) is 72.0 cm³/mol. The van der Waals surface area contributed by atoms with Crippen molar-refractivity contribution in [2.45, 2.75) is 26.8 Å². The summed E-state index contributed by atoms with van der Waals surface area (Å²) in [6.07, 6.45) is 0.655. The van der Waals surface area contributed by atoms with Gasteiger partial charge in [0.15, 0.2) is 5.82 Å². The molecule has 0 fully saturated rings. The van der Waals surface area contributed by atoms with Gasteiger partial charge in [-0.25, -0.2) is 0 Å². The first kappa shape index (κ1) is 13.5. The van der Waals surface area contributed by atoms with Gasteiger partial charge in [-0.05, 0) is 42.8 Å². The lowest BCUT2D eigenvalue weighted by Crippen LogP contribution is -2.07. The van der Waals surface area contributed by atoms with Gasteiger partial charge in [-0.2, -0.15) is 4.80 Å². The molecule has 0 amide bonds. The molecule has 2 rings (SSSR count). The second kappa shape index (κ2) is 6.29. The number of ether oxygens (including phenoxy) is 1. The number of hydrogen-bond donors (Lipinski definition) is 1. The van der Waals surface area contributed by atoms with Crippen LogP contribution in [0, 0.1) is 6.92 Å². The van der Waals surface area contributed by atoms with Crippen LogP contribution in [0.5, 0.6) is 5.75 Å². The number of hydrogen-bond acceptors (Lipinski definition) is 5. The van der Waals surface area contributed by atoms with Gasteiger partial charge >= 0.3 is 0 Å². The number of aromatic nitrogens is 4. The number of rotatable bonds is 6. The van der Waals surface area contributed by atoms with E-state index in [1.54, 1.807) is 4.80 Å². The molecular formula is C13H19N5O. The van der Waals surface area contributed by atoms with Crippen molar-refractivity contribution in [2.24, 2.45) is 5.73 Å². The molecule has 0 aliphatic rings. The van der Waals surface area contributed by atoms with Gasteiger partial charge in [-0.15, -0.1) is 10.2 Å². The molecule has 6 nitrogen and oxygen atoms in total. The fourth-order valence-electron chi connectivity index (χ4n) is 1.86. The highest BCUT2D eigenvalue weighted by molar-refractivity contribution is 5.36. The molecule has 2 N–H and O–H groups in total. The van der Waals surface area contributed by atoms with Crippen LogP contribution in [0.25, 0.3) is 0 Å². The van der Waals surface area contributed by atoms with Crippen molar-refractivity contribution < 1.29 is 4.74 Å². The molecule has 6 heteroatoms. The monoisotopic (exact) mass is 261 g/mol. The van der Waals surface area contributed by atoms with Crippen molar-refractivity contribution in [1.29, 1.82) is 0 Å². The number of aryl methyl sites for hydroxylation is 1. The summed E-state index contributed by atoms with van der Waals surface area (Å²) in [7, 11) is 0. The van der Waals surface area contributed by atoms with Crippen LogP contribution in [0.3, 0.4) is 0 Å². The van der Waals surface area contributed by atoms with Crippen molar-refractivity contribution in [3.05, 3.63) is 35.2 Å². The highest BCUT2D eigenvalue weighted by Crippen LogP contribution is 2.19. The zero-order valence-corrected chi connectivity index (χ0v) is 11.3. The van der Waals surface area contributed by atoms with Crippen LogP contribution in [-0.2, 0) is 13.0 Å². The van der Waals surface area contributed by atoms with Crippen LogP contribution < -0.4 is 10.5 Å². The molecule has 1 heterocycles. The highest BCUT2D eigenvalue weighted by atomic mass is 16.5. The first-order chi connectivity index (χ1) is 9.22. The van der Waals surface area contributed by atoms with Crippen LogP contribution >= 0.6 is 0 Å². The van der Waals surface area contributed by atoms with E-state index in [0.29, 0.717) is 31.9 Å². The van der Waals surface area contributed by atoms with Crippen LogP contribution in [-0.4, -0.2) is 33.4 Å². The minimum Gasteiger partial charge on any atom is -0.494 e. The van der Waals surface area contributed by atoms with E-state index in [1.165, 1.54) is 0 Å². The van der Waals surface area contributed by atoms with Gasteiger partial charge in [0.25, 0.3) is 0 Å². The molecular weight excluding hydrogens is 242 g/mol. The van der Waals surface area contributed by atoms with Crippen molar-refractivity contribution in [3.63, 3.8) is 0 Å². The average molecular weight is 261 g/mol. The Morgan fingerprint density at radius 2 is 2.21 bits per heavy atom. The molecule has 0 spiro atoms. The smallest absolute Gasteiger partial charge is 0.176 e. The summed E-state index contributed by atoms with van der Waals surface area (Å²) < 4.78 is 5.51. The van der Waals surface area contributed by atoms with E-state index in [2.05, 4.69) is 21.5 Å². The molecule has 0 saturated heterocycles. The van der Waals surface area contributed by atoms with Gasteiger partial charge in [0.1, 0.15) is 5.75 Å². The summed E-state index contributed by atoms with van der Waals surface area (Å²) in [4.78, 5) is 1.58. The molecule has 0 atom stereocenters. The van der Waals surface area contributed by atoms with E-state index in [-0.39, 0.29) is 0 Å². The van der Waals surface area contributed by atoms with Crippen LogP contribution in [0.1, 0.15) is 23.9 Å². The Kier molecular flexibility index (Phi) is 4.46. The molecule has 0 aliphatic carbocycles. The van der Waals surface area contributed by atoms with Gasteiger partial charge in [0.2, 0.25) is 0 Å². The van der Waals surface area contributed by atoms with E-state index in [1.807, 2.05) is 26.0 Å². The quantitative estimate of drug-likeness (QED) is 0.836. The predicted octanol–water partition coefficient (Wildman–Crippen LogP) is 0.930. The summed E-state index contributed by atoms with van der Waals surface area (Å²) in [5.41, 5.74) is 7.69. The Morgan fingerprint density at radius 1 is 1.37 bits per heavy atom. The van der Waals surface area contributed by atoms with Crippen LogP contribution in [0.4, 0.5) is 0 Å².